The van der Waals surface area contributed by atoms with Crippen LogP contribution < -0.4 is 0 Å². The lowest BCUT2D eigenvalue weighted by atomic mass is 10.1. The highest BCUT2D eigenvalue weighted by molar-refractivity contribution is 5.90. The molecule has 0 spiro atoms. The van der Waals surface area contributed by atoms with Gasteiger partial charge in [0.05, 0.1) is 5.56 Å². The second-order valence-electron chi connectivity index (χ2n) is 4.26. The summed E-state index contributed by atoms with van der Waals surface area (Å²) >= 11 is 0. The predicted molar refractivity (Wildman–Crippen MR) is 57.0 cm³/mol. The Hall–Kier alpha value is -1.78. The zero-order valence-electron chi connectivity index (χ0n) is 9.28. The third-order valence-corrected chi connectivity index (χ3v) is 1.68. The maximum absolute atomic E-state index is 13.1. The van der Waals surface area contributed by atoms with Gasteiger partial charge in [-0.1, -0.05) is 0 Å². The van der Waals surface area contributed by atoms with Crippen LogP contribution in [0.25, 0.3) is 0 Å². The Labute approximate surface area is 92.4 Å². The monoisotopic (exact) mass is 225 g/mol. The van der Waals surface area contributed by atoms with Crippen molar-refractivity contribution >= 4 is 11.7 Å². The summed E-state index contributed by atoms with van der Waals surface area (Å²) in [5.41, 5.74) is -0.915. The Morgan fingerprint density at radius 2 is 2.00 bits per heavy atom. The Morgan fingerprint density at radius 1 is 1.38 bits per heavy atom. The maximum atomic E-state index is 13.1. The smallest absolute Gasteiger partial charge is 0.338 e. The van der Waals surface area contributed by atoms with Crippen LogP contribution >= 0.6 is 0 Å². The molecule has 0 amide bonds. The van der Waals surface area contributed by atoms with Gasteiger partial charge in [0.2, 0.25) is 0 Å². The Kier molecular flexibility index (Phi) is 3.37. The van der Waals surface area contributed by atoms with E-state index in [0.717, 1.165) is 12.1 Å². The number of ether oxygens (including phenoxy) is 1. The molecule has 0 aliphatic heterocycles. The second kappa shape index (κ2) is 4.38. The maximum Gasteiger partial charge on any atom is 0.338 e. The molecule has 0 saturated carbocycles. The number of hydrogen-bond acceptors (Lipinski definition) is 4. The van der Waals surface area contributed by atoms with Crippen molar-refractivity contribution in [1.82, 2.24) is 0 Å². The molecule has 0 radical (unpaired) electrons. The van der Waals surface area contributed by atoms with Crippen LogP contribution in [0.2, 0.25) is 0 Å². The standard InChI is InChI=1S/C11H12FNO3/c1-11(2,3)16-10(14)7-4-5-9(13-15)8(12)6-7/h4-6H,1-3H3. The number of nitrogens with zero attached hydrogens (tertiary/aromatic N) is 1. The lowest BCUT2D eigenvalue weighted by Crippen LogP contribution is -2.23. The molecule has 0 saturated heterocycles. The molecule has 0 aliphatic rings. The highest BCUT2D eigenvalue weighted by Crippen LogP contribution is 2.20. The van der Waals surface area contributed by atoms with E-state index in [2.05, 4.69) is 5.18 Å². The molecule has 16 heavy (non-hydrogen) atoms. The third-order valence-electron chi connectivity index (χ3n) is 1.68. The average molecular weight is 225 g/mol. The number of nitroso groups, excluding NO2 is 1. The molecular formula is C11H12FNO3. The molecule has 0 fully saturated rings. The highest BCUT2D eigenvalue weighted by Gasteiger charge is 2.18. The van der Waals surface area contributed by atoms with Crippen molar-refractivity contribution in [1.29, 1.82) is 0 Å². The molecule has 4 nitrogen and oxygen atoms in total. The lowest BCUT2D eigenvalue weighted by Gasteiger charge is -2.19. The second-order valence-corrected chi connectivity index (χ2v) is 4.26. The van der Waals surface area contributed by atoms with Gasteiger partial charge in [-0.3, -0.25) is 0 Å². The average Bonchev–Trinajstić information content (AvgIpc) is 2.15. The van der Waals surface area contributed by atoms with E-state index in [4.69, 9.17) is 4.74 Å². The first-order chi connectivity index (χ1) is 7.33. The topological polar surface area (TPSA) is 55.7 Å². The summed E-state index contributed by atoms with van der Waals surface area (Å²) in [4.78, 5) is 21.6. The fourth-order valence-electron chi connectivity index (χ4n) is 1.04. The van der Waals surface area contributed by atoms with Crippen molar-refractivity contribution in [2.45, 2.75) is 26.4 Å². The van der Waals surface area contributed by atoms with Gasteiger partial charge in [-0.2, -0.15) is 0 Å². The van der Waals surface area contributed by atoms with Crippen molar-refractivity contribution in [3.05, 3.63) is 34.5 Å². The molecule has 1 aromatic carbocycles. The van der Waals surface area contributed by atoms with Gasteiger partial charge < -0.3 is 4.74 Å². The first kappa shape index (κ1) is 12.3. The van der Waals surface area contributed by atoms with E-state index in [1.54, 1.807) is 20.8 Å². The third kappa shape index (κ3) is 3.12. The summed E-state index contributed by atoms with van der Waals surface area (Å²) in [5, 5.41) is 2.47. The van der Waals surface area contributed by atoms with E-state index < -0.39 is 17.4 Å². The van der Waals surface area contributed by atoms with Gasteiger partial charge in [0.1, 0.15) is 11.3 Å². The Morgan fingerprint density at radius 3 is 2.44 bits per heavy atom. The van der Waals surface area contributed by atoms with E-state index in [0.29, 0.717) is 0 Å². The summed E-state index contributed by atoms with van der Waals surface area (Å²) in [6, 6.07) is 3.38. The van der Waals surface area contributed by atoms with Crippen molar-refractivity contribution in [3.8, 4) is 0 Å². The van der Waals surface area contributed by atoms with Gasteiger partial charge in [-0.15, -0.1) is 4.91 Å². The Balaban J connectivity index is 2.94. The molecule has 0 N–H and O–H groups in total. The first-order valence-electron chi connectivity index (χ1n) is 4.70. The van der Waals surface area contributed by atoms with Crippen LogP contribution in [-0.2, 0) is 4.74 Å². The first-order valence-corrected chi connectivity index (χ1v) is 4.70. The van der Waals surface area contributed by atoms with Crippen molar-refractivity contribution in [2.24, 2.45) is 5.18 Å². The summed E-state index contributed by atoms with van der Waals surface area (Å²) in [6.07, 6.45) is 0. The quantitative estimate of drug-likeness (QED) is 0.573. The van der Waals surface area contributed by atoms with Crippen molar-refractivity contribution in [3.63, 3.8) is 0 Å². The molecule has 1 rings (SSSR count). The number of carbonyl (C=O) groups is 1. The summed E-state index contributed by atoms with van der Waals surface area (Å²) < 4.78 is 18.2. The minimum atomic E-state index is -0.835. The van der Waals surface area contributed by atoms with E-state index in [1.165, 1.54) is 6.07 Å². The molecule has 5 heteroatoms. The molecule has 0 aromatic heterocycles. The number of halogens is 1. The molecule has 0 atom stereocenters. The molecule has 0 unspecified atom stereocenters. The van der Waals surface area contributed by atoms with E-state index in [9.17, 15) is 14.1 Å². The minimum absolute atomic E-state index is 0.0554. The predicted octanol–water partition coefficient (Wildman–Crippen LogP) is 3.18. The summed E-state index contributed by atoms with van der Waals surface area (Å²) in [6.45, 7) is 5.13. The van der Waals surface area contributed by atoms with Gasteiger partial charge in [0.25, 0.3) is 0 Å². The zero-order chi connectivity index (χ0) is 12.3. The number of esters is 1. The fourth-order valence-corrected chi connectivity index (χ4v) is 1.04. The fraction of sp³-hybridized carbons (Fsp3) is 0.364. The van der Waals surface area contributed by atoms with Crippen LogP contribution in [0.5, 0.6) is 0 Å². The number of rotatable bonds is 2. The largest absolute Gasteiger partial charge is 0.456 e. The molecule has 86 valence electrons. The number of hydrogen-bond donors (Lipinski definition) is 0. The normalized spacial score (nSPS) is 11.0. The molecule has 0 aliphatic carbocycles. The number of benzene rings is 1. The van der Waals surface area contributed by atoms with Crippen LogP contribution in [0.4, 0.5) is 10.1 Å². The summed E-state index contributed by atoms with van der Waals surface area (Å²) in [5.74, 6) is -1.47. The minimum Gasteiger partial charge on any atom is -0.456 e. The Bertz CT molecular complexity index is 424. The van der Waals surface area contributed by atoms with Gasteiger partial charge in [0, 0.05) is 0 Å². The molecular weight excluding hydrogens is 213 g/mol. The van der Waals surface area contributed by atoms with Gasteiger partial charge in [0.15, 0.2) is 5.82 Å². The summed E-state index contributed by atoms with van der Waals surface area (Å²) in [7, 11) is 0. The van der Waals surface area contributed by atoms with Crippen LogP contribution in [-0.4, -0.2) is 11.6 Å². The highest BCUT2D eigenvalue weighted by atomic mass is 19.1. The van der Waals surface area contributed by atoms with E-state index >= 15 is 0 Å². The van der Waals surface area contributed by atoms with Gasteiger partial charge in [-0.25, -0.2) is 9.18 Å². The molecule has 1 aromatic rings. The van der Waals surface area contributed by atoms with Crippen LogP contribution in [0, 0.1) is 10.7 Å². The van der Waals surface area contributed by atoms with Crippen molar-refractivity contribution < 1.29 is 13.9 Å². The van der Waals surface area contributed by atoms with Crippen LogP contribution in [0.3, 0.4) is 0 Å². The van der Waals surface area contributed by atoms with Crippen molar-refractivity contribution in [2.75, 3.05) is 0 Å². The van der Waals surface area contributed by atoms with E-state index in [-0.39, 0.29) is 11.3 Å². The van der Waals surface area contributed by atoms with Crippen LogP contribution in [0.1, 0.15) is 31.1 Å². The van der Waals surface area contributed by atoms with Gasteiger partial charge in [-0.05, 0) is 44.1 Å². The lowest BCUT2D eigenvalue weighted by molar-refractivity contribution is 0.00691. The van der Waals surface area contributed by atoms with Crippen LogP contribution in [0.15, 0.2) is 23.4 Å². The van der Waals surface area contributed by atoms with E-state index in [1.807, 2.05) is 0 Å². The van der Waals surface area contributed by atoms with Gasteiger partial charge >= 0.3 is 5.97 Å². The SMILES string of the molecule is CC(C)(C)OC(=O)c1ccc(N=O)c(F)c1. The molecule has 0 bridgehead atoms. The molecule has 0 heterocycles. The number of carbonyl (C=O) groups excluding carboxylic acids is 1. The zero-order valence-corrected chi connectivity index (χ0v) is 9.28.